The Kier molecular flexibility index (Phi) is 6.21. The van der Waals surface area contributed by atoms with Crippen molar-refractivity contribution in [1.82, 2.24) is 0 Å². The fourth-order valence-electron chi connectivity index (χ4n) is 2.23. The minimum atomic E-state index is -3.00. The summed E-state index contributed by atoms with van der Waals surface area (Å²) >= 11 is 0. The van der Waals surface area contributed by atoms with Crippen LogP contribution in [0.2, 0.25) is 0 Å². The van der Waals surface area contributed by atoms with Gasteiger partial charge in [-0.1, -0.05) is 0 Å². The van der Waals surface area contributed by atoms with Gasteiger partial charge < -0.3 is 45.6 Å². The number of carbonyl (C=O) groups is 3. The van der Waals surface area contributed by atoms with E-state index in [9.17, 15) is 45.0 Å². The van der Waals surface area contributed by atoms with Crippen LogP contribution in [0, 0.1) is 0 Å². The minimum Gasteiger partial charge on any atom is -0.481 e. The number of carbonyl (C=O) groups excluding carboxylic acids is 1. The molecule has 138 valence electrons. The van der Waals surface area contributed by atoms with Crippen molar-refractivity contribution in [3.05, 3.63) is 0 Å². The van der Waals surface area contributed by atoms with Crippen LogP contribution in [0.15, 0.2) is 0 Å². The van der Waals surface area contributed by atoms with Gasteiger partial charge in [-0.05, 0) is 0 Å². The number of hydrogen-bond donors (Lipinski definition) is 8. The van der Waals surface area contributed by atoms with E-state index in [2.05, 4.69) is 4.74 Å². The molecule has 1 saturated carbocycles. The molecule has 0 aromatic rings. The summed E-state index contributed by atoms with van der Waals surface area (Å²) in [7, 11) is 0. The average molecular weight is 354 g/mol. The number of aliphatic hydroxyl groups excluding tert-OH is 5. The van der Waals surface area contributed by atoms with Crippen molar-refractivity contribution >= 4 is 17.9 Å². The number of ether oxygens (including phenoxy) is 1. The Bertz CT molecular complexity index is 490. The molecule has 5 atom stereocenters. The third kappa shape index (κ3) is 4.17. The third-order valence-corrected chi connectivity index (χ3v) is 3.62. The zero-order valence-electron chi connectivity index (χ0n) is 12.1. The molecule has 0 aliphatic heterocycles. The summed E-state index contributed by atoms with van der Waals surface area (Å²) in [6, 6.07) is 0. The van der Waals surface area contributed by atoms with E-state index >= 15 is 0 Å². The molecular formula is C12H18O12. The minimum absolute atomic E-state index is 1.32. The van der Waals surface area contributed by atoms with Gasteiger partial charge in [-0.25, -0.2) is 4.79 Å². The van der Waals surface area contributed by atoms with E-state index in [1.54, 1.807) is 0 Å². The number of carboxylic acid groups (broad SMARTS) is 2. The van der Waals surface area contributed by atoms with Crippen molar-refractivity contribution in [3.8, 4) is 0 Å². The second-order valence-electron chi connectivity index (χ2n) is 5.49. The standard InChI is InChI=1S/C12H18O12/c13-3(14)1-12(23,11(21)22)2-4(15)24-10-8(19)6(17)5(16)7(18)9(10)20/h5-10,16-20,23H,1-2H2,(H,13,14)(H,21,22). The van der Waals surface area contributed by atoms with Crippen LogP contribution in [0.3, 0.4) is 0 Å². The van der Waals surface area contributed by atoms with Gasteiger partial charge in [-0.15, -0.1) is 0 Å². The van der Waals surface area contributed by atoms with E-state index in [-0.39, 0.29) is 0 Å². The predicted molar refractivity (Wildman–Crippen MR) is 69.4 cm³/mol. The normalized spacial score (nSPS) is 35.8. The first kappa shape index (κ1) is 20.2. The molecule has 1 aliphatic carbocycles. The quantitative estimate of drug-likeness (QED) is 0.211. The molecule has 0 saturated heterocycles. The molecule has 0 aromatic carbocycles. The summed E-state index contributed by atoms with van der Waals surface area (Å²) in [5.74, 6) is -5.23. The second kappa shape index (κ2) is 7.38. The Labute approximate surface area is 134 Å². The molecule has 24 heavy (non-hydrogen) atoms. The summed E-state index contributed by atoms with van der Waals surface area (Å²) < 4.78 is 4.55. The number of rotatable bonds is 6. The predicted octanol–water partition coefficient (Wildman–Crippen LogP) is -4.60. The Hall–Kier alpha value is -1.83. The third-order valence-electron chi connectivity index (χ3n) is 3.62. The molecule has 8 N–H and O–H groups in total. The molecule has 0 radical (unpaired) electrons. The van der Waals surface area contributed by atoms with Crippen molar-refractivity contribution in [2.45, 2.75) is 55.1 Å². The van der Waals surface area contributed by atoms with E-state index < -0.39 is 73.0 Å². The monoisotopic (exact) mass is 354 g/mol. The lowest BCUT2D eigenvalue weighted by atomic mass is 9.85. The maximum Gasteiger partial charge on any atom is 0.336 e. The molecule has 12 nitrogen and oxygen atoms in total. The molecular weight excluding hydrogens is 336 g/mol. The van der Waals surface area contributed by atoms with Gasteiger partial charge in [-0.2, -0.15) is 0 Å². The number of aliphatic carboxylic acids is 2. The van der Waals surface area contributed by atoms with Crippen LogP contribution in [0.25, 0.3) is 0 Å². The van der Waals surface area contributed by atoms with Gasteiger partial charge in [-0.3, -0.25) is 9.59 Å². The average Bonchev–Trinajstić information content (AvgIpc) is 2.46. The van der Waals surface area contributed by atoms with Crippen molar-refractivity contribution < 1.29 is 60.0 Å². The van der Waals surface area contributed by atoms with Gasteiger partial charge in [0.2, 0.25) is 0 Å². The summed E-state index contributed by atoms with van der Waals surface area (Å²) in [4.78, 5) is 33.2. The van der Waals surface area contributed by atoms with E-state index in [0.29, 0.717) is 0 Å². The molecule has 1 aliphatic rings. The van der Waals surface area contributed by atoms with E-state index in [1.165, 1.54) is 0 Å². The fraction of sp³-hybridized carbons (Fsp3) is 0.750. The summed E-state index contributed by atoms with van der Waals surface area (Å²) in [5, 5.41) is 74.7. The van der Waals surface area contributed by atoms with Crippen LogP contribution in [-0.4, -0.2) is 101 Å². The highest BCUT2D eigenvalue weighted by Gasteiger charge is 2.51. The van der Waals surface area contributed by atoms with Crippen LogP contribution in [0.5, 0.6) is 0 Å². The number of aliphatic hydroxyl groups is 6. The topological polar surface area (TPSA) is 222 Å². The lowest BCUT2D eigenvalue weighted by Crippen LogP contribution is -2.64. The maximum absolute atomic E-state index is 11.7. The Morgan fingerprint density at radius 1 is 0.792 bits per heavy atom. The van der Waals surface area contributed by atoms with Crippen LogP contribution >= 0.6 is 0 Å². The van der Waals surface area contributed by atoms with Crippen molar-refractivity contribution in [2.24, 2.45) is 0 Å². The van der Waals surface area contributed by atoms with Crippen LogP contribution < -0.4 is 0 Å². The zero-order chi connectivity index (χ0) is 18.8. The zero-order valence-corrected chi connectivity index (χ0v) is 12.1. The van der Waals surface area contributed by atoms with Crippen LogP contribution in [-0.2, 0) is 19.1 Å². The molecule has 0 amide bonds. The summed E-state index contributed by atoms with van der Waals surface area (Å²) in [5.41, 5.74) is -3.00. The second-order valence-corrected chi connectivity index (χ2v) is 5.49. The largest absolute Gasteiger partial charge is 0.481 e. The van der Waals surface area contributed by atoms with Crippen molar-refractivity contribution in [1.29, 1.82) is 0 Å². The molecule has 0 aromatic heterocycles. The highest BCUT2D eigenvalue weighted by atomic mass is 16.6. The molecule has 0 bridgehead atoms. The van der Waals surface area contributed by atoms with E-state index in [4.69, 9.17) is 10.2 Å². The Morgan fingerprint density at radius 3 is 1.58 bits per heavy atom. The SMILES string of the molecule is O=C(O)CC(O)(CC(=O)OC1C(O)C(O)C(O)C(O)C1O)C(=O)O. The van der Waals surface area contributed by atoms with Crippen LogP contribution in [0.1, 0.15) is 12.8 Å². The van der Waals surface area contributed by atoms with E-state index in [0.717, 1.165) is 0 Å². The lowest BCUT2D eigenvalue weighted by Gasteiger charge is -2.41. The smallest absolute Gasteiger partial charge is 0.336 e. The molecule has 0 heterocycles. The summed E-state index contributed by atoms with van der Waals surface area (Å²) in [6.45, 7) is 0. The summed E-state index contributed by atoms with van der Waals surface area (Å²) in [6.07, 6.45) is -14.5. The number of esters is 1. The van der Waals surface area contributed by atoms with Gasteiger partial charge in [0.05, 0.1) is 12.8 Å². The van der Waals surface area contributed by atoms with E-state index in [1.807, 2.05) is 0 Å². The molecule has 1 fully saturated rings. The van der Waals surface area contributed by atoms with Gasteiger partial charge in [0.25, 0.3) is 0 Å². The number of hydrogen-bond acceptors (Lipinski definition) is 10. The van der Waals surface area contributed by atoms with Gasteiger partial charge in [0.1, 0.15) is 30.5 Å². The number of carboxylic acids is 2. The Morgan fingerprint density at radius 2 is 1.21 bits per heavy atom. The van der Waals surface area contributed by atoms with Crippen molar-refractivity contribution in [3.63, 3.8) is 0 Å². The van der Waals surface area contributed by atoms with Crippen LogP contribution in [0.4, 0.5) is 0 Å². The first-order chi connectivity index (χ1) is 10.9. The first-order valence-electron chi connectivity index (χ1n) is 6.68. The highest BCUT2D eigenvalue weighted by molar-refractivity contribution is 5.88. The molecule has 5 unspecified atom stereocenters. The van der Waals surface area contributed by atoms with Gasteiger partial charge >= 0.3 is 17.9 Å². The van der Waals surface area contributed by atoms with Crippen molar-refractivity contribution in [2.75, 3.05) is 0 Å². The first-order valence-corrected chi connectivity index (χ1v) is 6.68. The highest BCUT2D eigenvalue weighted by Crippen LogP contribution is 2.25. The Balaban J connectivity index is 2.85. The molecule has 12 heteroatoms. The fourth-order valence-corrected chi connectivity index (χ4v) is 2.23. The van der Waals surface area contributed by atoms with Gasteiger partial charge in [0.15, 0.2) is 11.7 Å². The molecule has 0 spiro atoms. The maximum atomic E-state index is 11.7. The lowest BCUT2D eigenvalue weighted by molar-refractivity contribution is -0.235. The van der Waals surface area contributed by atoms with Gasteiger partial charge in [0, 0.05) is 0 Å². The molecule has 1 rings (SSSR count).